The van der Waals surface area contributed by atoms with E-state index in [4.69, 9.17) is 23.7 Å². The Morgan fingerprint density at radius 3 is 2.38 bits per heavy atom. The molecule has 222 valence electrons. The fourth-order valence-electron chi connectivity index (χ4n) is 5.43. The number of carbonyl (C=O) groups is 1. The Kier molecular flexibility index (Phi) is 9.76. The summed E-state index contributed by atoms with van der Waals surface area (Å²) in [6.45, 7) is 6.13. The zero-order valence-corrected chi connectivity index (χ0v) is 24.1. The van der Waals surface area contributed by atoms with Gasteiger partial charge in [-0.05, 0) is 52.9 Å². The van der Waals surface area contributed by atoms with Crippen LogP contribution >= 0.6 is 0 Å². The lowest BCUT2D eigenvalue weighted by Crippen LogP contribution is -2.41. The van der Waals surface area contributed by atoms with Crippen molar-refractivity contribution in [3.05, 3.63) is 101 Å². The van der Waals surface area contributed by atoms with Gasteiger partial charge in [-0.2, -0.15) is 0 Å². The van der Waals surface area contributed by atoms with Gasteiger partial charge in [-0.1, -0.05) is 49.1 Å². The summed E-state index contributed by atoms with van der Waals surface area (Å²) in [4.78, 5) is 14.3. The summed E-state index contributed by atoms with van der Waals surface area (Å²) in [6, 6.07) is 19.4. The first-order valence-corrected chi connectivity index (χ1v) is 14.1. The second-order valence-electron chi connectivity index (χ2n) is 10.4. The molecule has 3 aromatic rings. The molecule has 5 rings (SSSR count). The summed E-state index contributed by atoms with van der Waals surface area (Å²) < 4.78 is 29.1. The molecular formula is C33H38N2O7. The van der Waals surface area contributed by atoms with Crippen LogP contribution in [0, 0.1) is 0 Å². The van der Waals surface area contributed by atoms with Crippen LogP contribution < -0.4 is 14.8 Å². The third-order valence-corrected chi connectivity index (χ3v) is 7.64. The maximum Gasteiger partial charge on any atom is 0.411 e. The van der Waals surface area contributed by atoms with Gasteiger partial charge in [0.1, 0.15) is 6.61 Å². The van der Waals surface area contributed by atoms with Gasteiger partial charge in [-0.15, -0.1) is 0 Å². The van der Waals surface area contributed by atoms with Gasteiger partial charge in [0.2, 0.25) is 0 Å². The smallest absolute Gasteiger partial charge is 0.411 e. The van der Waals surface area contributed by atoms with E-state index < -0.39 is 12.4 Å². The van der Waals surface area contributed by atoms with Crippen LogP contribution in [0.5, 0.6) is 11.5 Å². The van der Waals surface area contributed by atoms with Gasteiger partial charge in [0.05, 0.1) is 33.0 Å². The standard InChI is InChI=1S/C33H38N2O7/c1-4-15-40-33(37)34-27-11-9-24(10-12-27)32-41-28(18-29(42-32)23-7-5-22(21-36)6-8-23)20-35-14-13-25-16-30(38-2)31(39-3)17-26(25)19-35/h4-12,16-17,28-29,32,36H,1,13-15,18-21H2,2-3H3,(H,34,37)/t28-,29+,32+/m1/s1. The summed E-state index contributed by atoms with van der Waals surface area (Å²) in [6.07, 6.45) is 1.72. The molecule has 3 aromatic carbocycles. The molecule has 9 nitrogen and oxygen atoms in total. The maximum absolute atomic E-state index is 11.9. The van der Waals surface area contributed by atoms with Crippen molar-refractivity contribution >= 4 is 11.8 Å². The van der Waals surface area contributed by atoms with E-state index in [0.29, 0.717) is 12.1 Å². The van der Waals surface area contributed by atoms with Crippen molar-refractivity contribution in [2.45, 2.75) is 44.5 Å². The number of aliphatic hydroxyl groups excluding tert-OH is 1. The Balaban J connectivity index is 1.32. The van der Waals surface area contributed by atoms with Gasteiger partial charge >= 0.3 is 6.09 Å². The Hall–Kier alpha value is -3.89. The number of aliphatic hydroxyl groups is 1. The topological polar surface area (TPSA) is 98.7 Å². The van der Waals surface area contributed by atoms with E-state index in [0.717, 1.165) is 54.2 Å². The predicted molar refractivity (Wildman–Crippen MR) is 159 cm³/mol. The zero-order chi connectivity index (χ0) is 29.5. The lowest BCUT2D eigenvalue weighted by molar-refractivity contribution is -0.253. The quantitative estimate of drug-likeness (QED) is 0.305. The Morgan fingerprint density at radius 1 is 1.02 bits per heavy atom. The summed E-state index contributed by atoms with van der Waals surface area (Å²) in [5, 5.41) is 12.2. The van der Waals surface area contributed by atoms with Crippen LogP contribution in [-0.4, -0.2) is 56.1 Å². The molecule has 0 aromatic heterocycles. The Morgan fingerprint density at radius 2 is 1.71 bits per heavy atom. The number of nitrogens with one attached hydrogen (secondary N) is 1. The summed E-state index contributed by atoms with van der Waals surface area (Å²) in [5.74, 6) is 1.49. The fraction of sp³-hybridized carbons (Fsp3) is 0.364. The van der Waals surface area contributed by atoms with E-state index >= 15 is 0 Å². The molecule has 1 fully saturated rings. The summed E-state index contributed by atoms with van der Waals surface area (Å²) >= 11 is 0. The summed E-state index contributed by atoms with van der Waals surface area (Å²) in [7, 11) is 3.32. The van der Waals surface area contributed by atoms with Crippen molar-refractivity contribution in [3.63, 3.8) is 0 Å². The van der Waals surface area contributed by atoms with E-state index in [1.807, 2.05) is 36.4 Å². The van der Waals surface area contributed by atoms with Crippen molar-refractivity contribution in [3.8, 4) is 11.5 Å². The molecule has 0 radical (unpaired) electrons. The molecule has 9 heteroatoms. The molecule has 0 saturated carbocycles. The maximum atomic E-state index is 11.9. The van der Waals surface area contributed by atoms with Gasteiger partial charge in [0.15, 0.2) is 17.8 Å². The minimum absolute atomic E-state index is 0.00518. The van der Waals surface area contributed by atoms with Crippen LogP contribution in [0.4, 0.5) is 10.5 Å². The van der Waals surface area contributed by atoms with Crippen LogP contribution in [0.2, 0.25) is 0 Å². The van der Waals surface area contributed by atoms with Gasteiger partial charge in [0, 0.05) is 37.3 Å². The average molecular weight is 575 g/mol. The number of nitrogens with zero attached hydrogens (tertiary/aromatic N) is 1. The molecule has 2 aliphatic heterocycles. The first-order chi connectivity index (χ1) is 20.5. The molecule has 1 amide bonds. The third kappa shape index (κ3) is 7.11. The first-order valence-electron chi connectivity index (χ1n) is 14.1. The molecular weight excluding hydrogens is 536 g/mol. The zero-order valence-electron chi connectivity index (χ0n) is 24.1. The second-order valence-corrected chi connectivity index (χ2v) is 10.4. The van der Waals surface area contributed by atoms with E-state index in [-0.39, 0.29) is 25.4 Å². The van der Waals surface area contributed by atoms with Crippen molar-refractivity contribution in [1.29, 1.82) is 0 Å². The normalized spacial score (nSPS) is 20.3. The number of benzene rings is 3. The molecule has 1 saturated heterocycles. The van der Waals surface area contributed by atoms with E-state index in [2.05, 4.69) is 28.9 Å². The fourth-order valence-corrected chi connectivity index (χ4v) is 5.43. The monoisotopic (exact) mass is 574 g/mol. The van der Waals surface area contributed by atoms with Gasteiger partial charge in [-0.3, -0.25) is 10.2 Å². The molecule has 0 unspecified atom stereocenters. The SMILES string of the molecule is C=CCOC(=O)Nc1ccc([C@H]2O[C@@H](CN3CCc4cc(OC)c(OC)cc4C3)C[C@@H](c3ccc(CO)cc3)O2)cc1. The number of ether oxygens (including phenoxy) is 5. The average Bonchev–Trinajstić information content (AvgIpc) is 3.03. The Bertz CT molecular complexity index is 1360. The van der Waals surface area contributed by atoms with Crippen molar-refractivity contribution < 1.29 is 33.6 Å². The molecule has 2 heterocycles. The minimum Gasteiger partial charge on any atom is -0.493 e. The van der Waals surface area contributed by atoms with Crippen molar-refractivity contribution in [2.24, 2.45) is 0 Å². The number of carbonyl (C=O) groups excluding carboxylic acids is 1. The first kappa shape index (κ1) is 29.6. The molecule has 0 aliphatic carbocycles. The highest BCUT2D eigenvalue weighted by molar-refractivity contribution is 5.84. The highest BCUT2D eigenvalue weighted by Gasteiger charge is 2.34. The number of methoxy groups -OCH3 is 2. The molecule has 42 heavy (non-hydrogen) atoms. The van der Waals surface area contributed by atoms with Crippen LogP contribution in [0.15, 0.2) is 73.3 Å². The van der Waals surface area contributed by atoms with Crippen molar-refractivity contribution in [1.82, 2.24) is 4.90 Å². The van der Waals surface area contributed by atoms with E-state index in [9.17, 15) is 9.90 Å². The van der Waals surface area contributed by atoms with Gasteiger partial charge in [-0.25, -0.2) is 4.79 Å². The molecule has 0 bridgehead atoms. The van der Waals surface area contributed by atoms with E-state index in [1.165, 1.54) is 17.2 Å². The predicted octanol–water partition coefficient (Wildman–Crippen LogP) is 5.53. The van der Waals surface area contributed by atoms with Gasteiger partial charge < -0.3 is 28.8 Å². The second kappa shape index (κ2) is 13.8. The van der Waals surface area contributed by atoms with Crippen LogP contribution in [0.1, 0.15) is 46.6 Å². The highest BCUT2D eigenvalue weighted by atomic mass is 16.7. The van der Waals surface area contributed by atoms with Crippen molar-refractivity contribution in [2.75, 3.05) is 39.2 Å². The number of anilines is 1. The third-order valence-electron chi connectivity index (χ3n) is 7.64. The molecule has 3 atom stereocenters. The lowest BCUT2D eigenvalue weighted by atomic mass is 9.97. The highest BCUT2D eigenvalue weighted by Crippen LogP contribution is 2.39. The number of fused-ring (bicyclic) bond motifs is 1. The van der Waals surface area contributed by atoms with Crippen LogP contribution in [0.25, 0.3) is 0 Å². The number of amides is 1. The minimum atomic E-state index is -0.588. The summed E-state index contributed by atoms with van der Waals surface area (Å²) in [5.41, 5.74) is 5.85. The Labute approximate surface area is 246 Å². The number of hydrogen-bond donors (Lipinski definition) is 2. The lowest BCUT2D eigenvalue weighted by Gasteiger charge is -2.39. The molecule has 2 N–H and O–H groups in total. The largest absolute Gasteiger partial charge is 0.493 e. The van der Waals surface area contributed by atoms with Crippen LogP contribution in [-0.2, 0) is 33.8 Å². The van der Waals surface area contributed by atoms with Gasteiger partial charge in [0.25, 0.3) is 0 Å². The number of hydrogen-bond acceptors (Lipinski definition) is 8. The molecule has 0 spiro atoms. The molecule has 2 aliphatic rings. The van der Waals surface area contributed by atoms with Crippen LogP contribution in [0.3, 0.4) is 0 Å². The number of rotatable bonds is 10. The van der Waals surface area contributed by atoms with E-state index in [1.54, 1.807) is 26.4 Å².